The lowest BCUT2D eigenvalue weighted by Crippen LogP contribution is -2.33. The molecule has 1 rings (SSSR count). The van der Waals surface area contributed by atoms with Crippen molar-refractivity contribution in [1.82, 2.24) is 0 Å². The summed E-state index contributed by atoms with van der Waals surface area (Å²) in [6.07, 6.45) is -0.121. The van der Waals surface area contributed by atoms with Gasteiger partial charge in [-0.2, -0.15) is 0 Å². The minimum atomic E-state index is -0.743. The molecule has 0 aromatic heterocycles. The van der Waals surface area contributed by atoms with Gasteiger partial charge in [0.25, 0.3) is 0 Å². The minimum Gasteiger partial charge on any atom is -0.443 e. The third-order valence-corrected chi connectivity index (χ3v) is 2.72. The Balaban J connectivity index is 2.77. The zero-order valence-corrected chi connectivity index (χ0v) is 10.4. The van der Waals surface area contributed by atoms with E-state index in [1.165, 1.54) is 0 Å². The van der Waals surface area contributed by atoms with Gasteiger partial charge in [-0.3, -0.25) is 0 Å². The van der Waals surface area contributed by atoms with Crippen LogP contribution in [0.5, 0.6) is 0 Å². The molecular formula is C11H14BrNO2. The third kappa shape index (κ3) is 3.91. The molecule has 0 fully saturated rings. The van der Waals surface area contributed by atoms with E-state index in [2.05, 4.69) is 15.9 Å². The van der Waals surface area contributed by atoms with Gasteiger partial charge < -0.3 is 10.5 Å². The van der Waals surface area contributed by atoms with Gasteiger partial charge in [0.15, 0.2) is 0 Å². The Kier molecular flexibility index (Phi) is 3.74. The average molecular weight is 272 g/mol. The van der Waals surface area contributed by atoms with Crippen molar-refractivity contribution < 1.29 is 9.53 Å². The van der Waals surface area contributed by atoms with E-state index in [4.69, 9.17) is 10.5 Å². The molecule has 0 aliphatic carbocycles. The molecule has 0 radical (unpaired) electrons. The fourth-order valence-electron chi connectivity index (χ4n) is 1.41. The number of carbonyl (C=O) groups excluding carboxylic acids is 1. The smallest absolute Gasteiger partial charge is 0.405 e. The van der Waals surface area contributed by atoms with Gasteiger partial charge in [0, 0.05) is 10.9 Å². The predicted molar refractivity (Wildman–Crippen MR) is 62.6 cm³/mol. The number of hydrogen-bond acceptors (Lipinski definition) is 2. The normalized spacial score (nSPS) is 11.1. The number of halogens is 1. The highest BCUT2D eigenvalue weighted by atomic mass is 79.9. The molecule has 2 N–H and O–H groups in total. The van der Waals surface area contributed by atoms with E-state index >= 15 is 0 Å². The van der Waals surface area contributed by atoms with E-state index in [9.17, 15) is 4.79 Å². The average Bonchev–Trinajstić information content (AvgIpc) is 2.06. The van der Waals surface area contributed by atoms with Gasteiger partial charge in [-0.15, -0.1) is 0 Å². The van der Waals surface area contributed by atoms with E-state index < -0.39 is 11.7 Å². The SMILES string of the molecule is CC(C)(Cc1ccccc1Br)OC(N)=O. The van der Waals surface area contributed by atoms with Gasteiger partial charge in [-0.1, -0.05) is 34.1 Å². The van der Waals surface area contributed by atoms with Crippen molar-refractivity contribution in [2.24, 2.45) is 5.73 Å². The van der Waals surface area contributed by atoms with Crippen molar-refractivity contribution in [2.45, 2.75) is 25.9 Å². The Morgan fingerprint density at radius 3 is 2.60 bits per heavy atom. The van der Waals surface area contributed by atoms with E-state index in [0.717, 1.165) is 10.0 Å². The largest absolute Gasteiger partial charge is 0.443 e. The highest BCUT2D eigenvalue weighted by Crippen LogP contribution is 2.23. The molecule has 1 aromatic carbocycles. The summed E-state index contributed by atoms with van der Waals surface area (Å²) in [6.45, 7) is 3.66. The zero-order chi connectivity index (χ0) is 11.5. The molecule has 0 saturated carbocycles. The third-order valence-electron chi connectivity index (χ3n) is 1.95. The maximum absolute atomic E-state index is 10.7. The molecule has 15 heavy (non-hydrogen) atoms. The minimum absolute atomic E-state index is 0.588. The first kappa shape index (κ1) is 12.0. The summed E-state index contributed by atoms with van der Waals surface area (Å²) in [6, 6.07) is 7.82. The Bertz CT molecular complexity index is 363. The fourth-order valence-corrected chi connectivity index (χ4v) is 1.83. The zero-order valence-electron chi connectivity index (χ0n) is 8.79. The highest BCUT2D eigenvalue weighted by molar-refractivity contribution is 9.10. The predicted octanol–water partition coefficient (Wildman–Crippen LogP) is 2.87. The van der Waals surface area contributed by atoms with Crippen LogP contribution in [0.1, 0.15) is 19.4 Å². The second-order valence-electron chi connectivity index (χ2n) is 3.95. The number of nitrogens with two attached hydrogens (primary N) is 1. The van der Waals surface area contributed by atoms with Crippen LogP contribution in [-0.4, -0.2) is 11.7 Å². The Labute approximate surface area is 97.7 Å². The number of amides is 1. The van der Waals surface area contributed by atoms with Gasteiger partial charge in [0.05, 0.1) is 0 Å². The van der Waals surface area contributed by atoms with Crippen LogP contribution in [0.2, 0.25) is 0 Å². The molecule has 0 aliphatic rings. The topological polar surface area (TPSA) is 52.3 Å². The fraction of sp³-hybridized carbons (Fsp3) is 0.364. The van der Waals surface area contributed by atoms with Crippen molar-refractivity contribution >= 4 is 22.0 Å². The second kappa shape index (κ2) is 4.66. The van der Waals surface area contributed by atoms with E-state index in [1.807, 2.05) is 38.1 Å². The van der Waals surface area contributed by atoms with Crippen molar-refractivity contribution in [1.29, 1.82) is 0 Å². The molecule has 3 nitrogen and oxygen atoms in total. The molecule has 0 bridgehead atoms. The molecule has 1 amide bonds. The lowest BCUT2D eigenvalue weighted by molar-refractivity contribution is 0.0459. The van der Waals surface area contributed by atoms with Crippen LogP contribution in [0.15, 0.2) is 28.7 Å². The Morgan fingerprint density at radius 2 is 2.07 bits per heavy atom. The van der Waals surface area contributed by atoms with Crippen LogP contribution in [0.25, 0.3) is 0 Å². The standard InChI is InChI=1S/C11H14BrNO2/c1-11(2,15-10(13)14)7-8-5-3-4-6-9(8)12/h3-6H,7H2,1-2H3,(H2,13,14). The molecule has 0 saturated heterocycles. The first-order valence-corrected chi connectivity index (χ1v) is 5.42. The summed E-state index contributed by atoms with van der Waals surface area (Å²) < 4.78 is 6.02. The first-order chi connectivity index (χ1) is 6.91. The van der Waals surface area contributed by atoms with Gasteiger partial charge >= 0.3 is 6.09 Å². The van der Waals surface area contributed by atoms with Gasteiger partial charge in [-0.05, 0) is 25.5 Å². The molecule has 0 atom stereocenters. The summed E-state index contributed by atoms with van der Waals surface area (Å²) in [5.41, 5.74) is 5.50. The summed E-state index contributed by atoms with van der Waals surface area (Å²) in [4.78, 5) is 10.7. The number of primary amides is 1. The van der Waals surface area contributed by atoms with Crippen LogP contribution in [0.4, 0.5) is 4.79 Å². The molecule has 0 unspecified atom stereocenters. The van der Waals surface area contributed by atoms with Gasteiger partial charge in [-0.25, -0.2) is 4.79 Å². The monoisotopic (exact) mass is 271 g/mol. The van der Waals surface area contributed by atoms with E-state index in [0.29, 0.717) is 6.42 Å². The molecule has 0 heterocycles. The summed E-state index contributed by atoms with van der Waals surface area (Å²) in [5, 5.41) is 0. The lowest BCUT2D eigenvalue weighted by atomic mass is 9.98. The number of carbonyl (C=O) groups is 1. The van der Waals surface area contributed by atoms with Crippen LogP contribution in [0, 0.1) is 0 Å². The van der Waals surface area contributed by atoms with Crippen molar-refractivity contribution in [3.05, 3.63) is 34.3 Å². The maximum atomic E-state index is 10.7. The molecule has 82 valence electrons. The van der Waals surface area contributed by atoms with Crippen molar-refractivity contribution in [2.75, 3.05) is 0 Å². The van der Waals surface area contributed by atoms with Crippen LogP contribution < -0.4 is 5.73 Å². The second-order valence-corrected chi connectivity index (χ2v) is 4.80. The number of ether oxygens (including phenoxy) is 1. The first-order valence-electron chi connectivity index (χ1n) is 4.62. The lowest BCUT2D eigenvalue weighted by Gasteiger charge is -2.24. The molecule has 0 aliphatic heterocycles. The molecular weight excluding hydrogens is 258 g/mol. The number of benzene rings is 1. The van der Waals surface area contributed by atoms with Crippen molar-refractivity contribution in [3.8, 4) is 0 Å². The number of hydrogen-bond donors (Lipinski definition) is 1. The number of rotatable bonds is 3. The van der Waals surface area contributed by atoms with E-state index in [1.54, 1.807) is 0 Å². The van der Waals surface area contributed by atoms with Gasteiger partial charge in [0.1, 0.15) is 5.60 Å². The molecule has 4 heteroatoms. The van der Waals surface area contributed by atoms with Crippen LogP contribution in [-0.2, 0) is 11.2 Å². The molecule has 0 spiro atoms. The highest BCUT2D eigenvalue weighted by Gasteiger charge is 2.22. The summed E-state index contributed by atoms with van der Waals surface area (Å²) in [7, 11) is 0. The van der Waals surface area contributed by atoms with Crippen LogP contribution in [0.3, 0.4) is 0 Å². The molecule has 1 aromatic rings. The Hall–Kier alpha value is -1.03. The quantitative estimate of drug-likeness (QED) is 0.919. The van der Waals surface area contributed by atoms with Crippen molar-refractivity contribution in [3.63, 3.8) is 0 Å². The Morgan fingerprint density at radius 1 is 1.47 bits per heavy atom. The summed E-state index contributed by atoms with van der Waals surface area (Å²) in [5.74, 6) is 0. The van der Waals surface area contributed by atoms with Gasteiger partial charge in [0.2, 0.25) is 0 Å². The summed E-state index contributed by atoms with van der Waals surface area (Å²) >= 11 is 3.44. The van der Waals surface area contributed by atoms with E-state index in [-0.39, 0.29) is 0 Å². The van der Waals surface area contributed by atoms with Crippen LogP contribution >= 0.6 is 15.9 Å². The maximum Gasteiger partial charge on any atom is 0.405 e.